The van der Waals surface area contributed by atoms with Crippen LogP contribution in [0.5, 0.6) is 0 Å². The van der Waals surface area contributed by atoms with Gasteiger partial charge in [-0.3, -0.25) is 4.79 Å². The highest BCUT2D eigenvalue weighted by Crippen LogP contribution is 2.42. The molecule has 0 spiro atoms. The molecular formula is C25H19F3N2O3S2. The smallest absolute Gasteiger partial charge is 0.417 e. The second-order valence-electron chi connectivity index (χ2n) is 8.29. The van der Waals surface area contributed by atoms with Crippen LogP contribution >= 0.6 is 22.7 Å². The van der Waals surface area contributed by atoms with Crippen LogP contribution in [0, 0.1) is 6.92 Å². The maximum absolute atomic E-state index is 13.9. The standard InChI is InChI=1S/C25H19F3N2O3S2/c1-13-10-15-6-3-4-7-18(15)30(13)20(31)12-33-24(32)22-14(2)21-16(25(26,27)28)11-17(29-23(21)35-22)19-8-5-9-34-19/h3-9,11,13H,10,12H2,1-2H3. The third-order valence-corrected chi connectivity index (χ3v) is 8.03. The molecule has 10 heteroatoms. The van der Waals surface area contributed by atoms with Crippen LogP contribution < -0.4 is 4.90 Å². The number of esters is 1. The molecule has 0 N–H and O–H groups in total. The molecule has 1 amide bonds. The maximum Gasteiger partial charge on any atom is 0.417 e. The number of hydrogen-bond donors (Lipinski definition) is 0. The third-order valence-electron chi connectivity index (χ3n) is 5.97. The summed E-state index contributed by atoms with van der Waals surface area (Å²) in [6, 6.07) is 11.9. The van der Waals surface area contributed by atoms with Crippen molar-refractivity contribution in [3.05, 3.63) is 69.4 Å². The van der Waals surface area contributed by atoms with Crippen LogP contribution in [0.4, 0.5) is 18.9 Å². The van der Waals surface area contributed by atoms with Gasteiger partial charge in [-0.2, -0.15) is 13.2 Å². The van der Waals surface area contributed by atoms with Crippen molar-refractivity contribution >= 4 is 50.5 Å². The molecule has 3 aromatic heterocycles. The van der Waals surface area contributed by atoms with E-state index < -0.39 is 24.3 Å². The quantitative estimate of drug-likeness (QED) is 0.291. The molecule has 1 aromatic carbocycles. The number of amides is 1. The Morgan fingerprint density at radius 3 is 2.69 bits per heavy atom. The Hall–Kier alpha value is -3.24. The van der Waals surface area contributed by atoms with Gasteiger partial charge in [0.15, 0.2) is 6.61 Å². The second kappa shape index (κ2) is 8.76. The van der Waals surface area contributed by atoms with Crippen LogP contribution in [0.25, 0.3) is 20.8 Å². The molecule has 1 aliphatic heterocycles. The van der Waals surface area contributed by atoms with Crippen LogP contribution in [-0.4, -0.2) is 29.5 Å². The second-order valence-corrected chi connectivity index (χ2v) is 10.2. The molecule has 0 aliphatic carbocycles. The molecule has 0 saturated heterocycles. The van der Waals surface area contributed by atoms with Crippen LogP contribution in [0.1, 0.15) is 33.3 Å². The van der Waals surface area contributed by atoms with E-state index in [9.17, 15) is 22.8 Å². The number of benzene rings is 1. The summed E-state index contributed by atoms with van der Waals surface area (Å²) in [5.41, 5.74) is 1.29. The van der Waals surface area contributed by atoms with Crippen LogP contribution in [0.15, 0.2) is 47.8 Å². The van der Waals surface area contributed by atoms with E-state index in [4.69, 9.17) is 4.74 Å². The van der Waals surface area contributed by atoms with Gasteiger partial charge < -0.3 is 9.64 Å². The topological polar surface area (TPSA) is 59.5 Å². The monoisotopic (exact) mass is 516 g/mol. The van der Waals surface area contributed by atoms with Crippen molar-refractivity contribution in [3.63, 3.8) is 0 Å². The SMILES string of the molecule is Cc1c(C(=O)OCC(=O)N2c3ccccc3CC2C)sc2nc(-c3cccs3)cc(C(F)(F)F)c12. The van der Waals surface area contributed by atoms with E-state index in [1.807, 2.05) is 31.2 Å². The Balaban J connectivity index is 1.43. The van der Waals surface area contributed by atoms with E-state index in [0.717, 1.165) is 28.7 Å². The first-order chi connectivity index (χ1) is 16.6. The molecule has 1 unspecified atom stereocenters. The van der Waals surface area contributed by atoms with Gasteiger partial charge in [0.2, 0.25) is 0 Å². The van der Waals surface area contributed by atoms with E-state index in [0.29, 0.717) is 11.3 Å². The van der Waals surface area contributed by atoms with E-state index >= 15 is 0 Å². The summed E-state index contributed by atoms with van der Waals surface area (Å²) < 4.78 is 47.1. The lowest BCUT2D eigenvalue weighted by Gasteiger charge is -2.22. The van der Waals surface area contributed by atoms with Gasteiger partial charge in [0.05, 0.1) is 16.1 Å². The number of aromatic nitrogens is 1. The van der Waals surface area contributed by atoms with Crippen molar-refractivity contribution < 1.29 is 27.5 Å². The Morgan fingerprint density at radius 2 is 1.97 bits per heavy atom. The number of pyridine rings is 1. The largest absolute Gasteiger partial charge is 0.451 e. The lowest BCUT2D eigenvalue weighted by Crippen LogP contribution is -2.38. The number of carbonyl (C=O) groups excluding carboxylic acids is 2. The van der Waals surface area contributed by atoms with E-state index in [-0.39, 0.29) is 38.3 Å². The molecule has 0 radical (unpaired) electrons. The fourth-order valence-electron chi connectivity index (χ4n) is 4.42. The number of ether oxygens (including phenoxy) is 1. The zero-order valence-electron chi connectivity index (χ0n) is 18.7. The predicted octanol–water partition coefficient (Wildman–Crippen LogP) is 6.49. The Morgan fingerprint density at radius 1 is 1.20 bits per heavy atom. The van der Waals surface area contributed by atoms with Crippen molar-refractivity contribution in [2.75, 3.05) is 11.5 Å². The molecule has 5 nitrogen and oxygen atoms in total. The van der Waals surface area contributed by atoms with Gasteiger partial charge in [-0.25, -0.2) is 9.78 Å². The number of para-hydroxylation sites is 1. The number of anilines is 1. The molecule has 35 heavy (non-hydrogen) atoms. The zero-order chi connectivity index (χ0) is 24.9. The van der Waals surface area contributed by atoms with E-state index in [1.54, 1.807) is 22.4 Å². The van der Waals surface area contributed by atoms with E-state index in [1.165, 1.54) is 18.3 Å². The van der Waals surface area contributed by atoms with Crippen LogP contribution in [-0.2, 0) is 22.1 Å². The number of halogens is 3. The average molecular weight is 517 g/mol. The summed E-state index contributed by atoms with van der Waals surface area (Å²) in [4.78, 5) is 32.4. The molecule has 5 rings (SSSR count). The van der Waals surface area contributed by atoms with Gasteiger partial charge in [0.25, 0.3) is 5.91 Å². The molecule has 4 aromatic rings. The first-order valence-corrected chi connectivity index (χ1v) is 12.5. The normalized spacial score (nSPS) is 15.5. The summed E-state index contributed by atoms with van der Waals surface area (Å²) >= 11 is 2.12. The lowest BCUT2D eigenvalue weighted by molar-refractivity contribution is -0.136. The summed E-state index contributed by atoms with van der Waals surface area (Å²) in [6.45, 7) is 2.84. The maximum atomic E-state index is 13.9. The summed E-state index contributed by atoms with van der Waals surface area (Å²) in [5.74, 6) is -1.23. The third kappa shape index (κ3) is 4.21. The Labute approximate surface area is 206 Å². The first kappa shape index (κ1) is 23.5. The number of nitrogens with zero attached hydrogens (tertiary/aromatic N) is 2. The first-order valence-electron chi connectivity index (χ1n) is 10.8. The Bertz CT molecular complexity index is 1440. The van der Waals surface area contributed by atoms with Gasteiger partial charge in [-0.1, -0.05) is 24.3 Å². The molecule has 1 aliphatic rings. The number of alkyl halides is 3. The zero-order valence-corrected chi connectivity index (χ0v) is 20.3. The van der Waals surface area contributed by atoms with Crippen molar-refractivity contribution in [2.45, 2.75) is 32.5 Å². The van der Waals surface area contributed by atoms with Crippen molar-refractivity contribution in [1.82, 2.24) is 4.98 Å². The molecule has 4 heterocycles. The lowest BCUT2D eigenvalue weighted by atomic mass is 10.1. The van der Waals surface area contributed by atoms with Gasteiger partial charge >= 0.3 is 12.1 Å². The van der Waals surface area contributed by atoms with Gasteiger partial charge in [0, 0.05) is 17.1 Å². The number of aryl methyl sites for hydroxylation is 1. The molecular weight excluding hydrogens is 497 g/mol. The minimum absolute atomic E-state index is 0.00370. The number of fused-ring (bicyclic) bond motifs is 2. The number of thiophene rings is 2. The molecule has 180 valence electrons. The Kier molecular flexibility index (Phi) is 5.88. The van der Waals surface area contributed by atoms with Crippen LogP contribution in [0.3, 0.4) is 0 Å². The van der Waals surface area contributed by atoms with Crippen LogP contribution in [0.2, 0.25) is 0 Å². The molecule has 0 saturated carbocycles. The van der Waals surface area contributed by atoms with Crippen molar-refractivity contribution in [2.24, 2.45) is 0 Å². The van der Waals surface area contributed by atoms with Gasteiger partial charge in [0.1, 0.15) is 9.71 Å². The summed E-state index contributed by atoms with van der Waals surface area (Å²) in [5, 5.41) is 1.64. The minimum Gasteiger partial charge on any atom is -0.451 e. The number of hydrogen-bond acceptors (Lipinski definition) is 6. The number of rotatable bonds is 4. The molecule has 0 bridgehead atoms. The van der Waals surface area contributed by atoms with Gasteiger partial charge in [-0.15, -0.1) is 22.7 Å². The molecule has 1 atom stereocenters. The molecule has 0 fully saturated rings. The number of carbonyl (C=O) groups is 2. The highest BCUT2D eigenvalue weighted by Gasteiger charge is 2.36. The predicted molar refractivity (Wildman–Crippen MR) is 130 cm³/mol. The fourth-order valence-corrected chi connectivity index (χ4v) is 6.21. The highest BCUT2D eigenvalue weighted by molar-refractivity contribution is 7.20. The summed E-state index contributed by atoms with van der Waals surface area (Å²) in [7, 11) is 0. The summed E-state index contributed by atoms with van der Waals surface area (Å²) in [6.07, 6.45) is -3.93. The average Bonchev–Trinajstić information content (AvgIpc) is 3.53. The minimum atomic E-state index is -4.63. The van der Waals surface area contributed by atoms with Crippen molar-refractivity contribution in [1.29, 1.82) is 0 Å². The highest BCUT2D eigenvalue weighted by atomic mass is 32.1. The van der Waals surface area contributed by atoms with Gasteiger partial charge in [-0.05, 0) is 55.0 Å². The van der Waals surface area contributed by atoms with Crippen molar-refractivity contribution in [3.8, 4) is 10.6 Å². The van der Waals surface area contributed by atoms with E-state index in [2.05, 4.69) is 4.98 Å². The fraction of sp³-hybridized carbons (Fsp3) is 0.240.